The predicted molar refractivity (Wildman–Crippen MR) is 117 cm³/mol. The SMILES string of the molecule is CCNC(=NCc1ccc(C(=O)NC)cc1)N(C)Cc1cccn1C.I. The zero-order valence-electron chi connectivity index (χ0n) is 15.8. The highest BCUT2D eigenvalue weighted by Gasteiger charge is 2.08. The van der Waals surface area contributed by atoms with E-state index < -0.39 is 0 Å². The Labute approximate surface area is 172 Å². The number of hydrogen-bond donors (Lipinski definition) is 2. The van der Waals surface area contributed by atoms with Crippen LogP contribution in [0.5, 0.6) is 0 Å². The summed E-state index contributed by atoms with van der Waals surface area (Å²) in [5, 5.41) is 5.95. The van der Waals surface area contributed by atoms with E-state index in [1.165, 1.54) is 5.69 Å². The van der Waals surface area contributed by atoms with Gasteiger partial charge in [-0.15, -0.1) is 24.0 Å². The van der Waals surface area contributed by atoms with Crippen LogP contribution in [0.4, 0.5) is 0 Å². The number of nitrogens with zero attached hydrogens (tertiary/aromatic N) is 3. The van der Waals surface area contributed by atoms with Crippen molar-refractivity contribution in [3.8, 4) is 0 Å². The lowest BCUT2D eigenvalue weighted by Gasteiger charge is -2.22. The molecule has 2 aromatic rings. The fourth-order valence-corrected chi connectivity index (χ4v) is 2.52. The van der Waals surface area contributed by atoms with Crippen LogP contribution in [0, 0.1) is 0 Å². The largest absolute Gasteiger partial charge is 0.357 e. The minimum Gasteiger partial charge on any atom is -0.357 e. The minimum atomic E-state index is -0.0781. The van der Waals surface area contributed by atoms with Gasteiger partial charge in [-0.05, 0) is 36.8 Å². The number of rotatable bonds is 6. The summed E-state index contributed by atoms with van der Waals surface area (Å²) in [6.07, 6.45) is 2.04. The lowest BCUT2D eigenvalue weighted by molar-refractivity contribution is 0.0963. The third kappa shape index (κ3) is 6.05. The van der Waals surface area contributed by atoms with Gasteiger partial charge < -0.3 is 20.1 Å². The van der Waals surface area contributed by atoms with Gasteiger partial charge in [-0.3, -0.25) is 4.79 Å². The standard InChI is InChI=1S/C19H27N5O.HI/c1-5-21-19(24(4)14-17-7-6-12-23(17)3)22-13-15-8-10-16(11-9-15)18(25)20-2;/h6-12H,5,13-14H2,1-4H3,(H,20,25)(H,21,22);1H. The molecular formula is C19H28IN5O. The monoisotopic (exact) mass is 469 g/mol. The van der Waals surface area contributed by atoms with Crippen molar-refractivity contribution in [1.82, 2.24) is 20.1 Å². The quantitative estimate of drug-likeness (QED) is 0.389. The first kappa shape index (κ1) is 22.0. The van der Waals surface area contributed by atoms with Crippen LogP contribution in [0.15, 0.2) is 47.6 Å². The Bertz CT molecular complexity index is 724. The molecule has 0 bridgehead atoms. The molecule has 0 aliphatic rings. The summed E-state index contributed by atoms with van der Waals surface area (Å²) in [4.78, 5) is 18.4. The molecular weight excluding hydrogens is 441 g/mol. The molecule has 0 atom stereocenters. The van der Waals surface area contributed by atoms with Gasteiger partial charge in [0.05, 0.1) is 13.1 Å². The van der Waals surface area contributed by atoms with Crippen LogP contribution in [0.1, 0.15) is 28.5 Å². The number of amides is 1. The van der Waals surface area contributed by atoms with Gasteiger partial charge in [-0.2, -0.15) is 0 Å². The van der Waals surface area contributed by atoms with Crippen molar-refractivity contribution >= 4 is 35.8 Å². The second-order valence-corrected chi connectivity index (χ2v) is 5.91. The zero-order chi connectivity index (χ0) is 18.2. The van der Waals surface area contributed by atoms with Gasteiger partial charge in [0.25, 0.3) is 5.91 Å². The summed E-state index contributed by atoms with van der Waals surface area (Å²) in [7, 11) is 5.70. The lowest BCUT2D eigenvalue weighted by Crippen LogP contribution is -2.38. The molecule has 1 amide bonds. The number of carbonyl (C=O) groups excluding carboxylic acids is 1. The van der Waals surface area contributed by atoms with Crippen LogP contribution in [-0.2, 0) is 20.1 Å². The van der Waals surface area contributed by atoms with Crippen molar-refractivity contribution in [3.63, 3.8) is 0 Å². The van der Waals surface area contributed by atoms with E-state index in [4.69, 9.17) is 4.99 Å². The highest BCUT2D eigenvalue weighted by Crippen LogP contribution is 2.07. The number of aliphatic imine (C=N–C) groups is 1. The number of benzene rings is 1. The molecule has 0 radical (unpaired) electrons. The van der Waals surface area contributed by atoms with Gasteiger partial charge in [0.2, 0.25) is 0 Å². The molecule has 0 fully saturated rings. The molecule has 6 nitrogen and oxygen atoms in total. The molecule has 0 saturated heterocycles. The average molecular weight is 469 g/mol. The molecule has 0 spiro atoms. The molecule has 2 N–H and O–H groups in total. The molecule has 0 saturated carbocycles. The van der Waals surface area contributed by atoms with Crippen molar-refractivity contribution < 1.29 is 4.79 Å². The van der Waals surface area contributed by atoms with Gasteiger partial charge in [0, 0.05) is 45.1 Å². The molecule has 0 aliphatic heterocycles. The Hall–Kier alpha value is -2.03. The number of halogens is 1. The summed E-state index contributed by atoms with van der Waals surface area (Å²) in [5.74, 6) is 0.782. The van der Waals surface area contributed by atoms with Crippen molar-refractivity contribution in [2.45, 2.75) is 20.0 Å². The van der Waals surface area contributed by atoms with Crippen LogP contribution in [0.2, 0.25) is 0 Å². The average Bonchev–Trinajstić information content (AvgIpc) is 3.03. The molecule has 2 rings (SSSR count). The molecule has 0 unspecified atom stereocenters. The maximum Gasteiger partial charge on any atom is 0.251 e. The molecule has 1 heterocycles. The third-order valence-corrected chi connectivity index (χ3v) is 4.00. The van der Waals surface area contributed by atoms with Crippen molar-refractivity contribution in [1.29, 1.82) is 0 Å². The number of carbonyl (C=O) groups is 1. The van der Waals surface area contributed by atoms with E-state index in [9.17, 15) is 4.79 Å². The molecule has 26 heavy (non-hydrogen) atoms. The minimum absolute atomic E-state index is 0. The van der Waals surface area contributed by atoms with E-state index in [-0.39, 0.29) is 29.9 Å². The van der Waals surface area contributed by atoms with Gasteiger partial charge >= 0.3 is 0 Å². The summed E-state index contributed by atoms with van der Waals surface area (Å²) in [6.45, 7) is 4.22. The number of aromatic nitrogens is 1. The fraction of sp³-hybridized carbons (Fsp3) is 0.368. The topological polar surface area (TPSA) is 61.7 Å². The van der Waals surface area contributed by atoms with Crippen LogP contribution in [-0.4, -0.2) is 42.0 Å². The van der Waals surface area contributed by atoms with Crippen LogP contribution in [0.3, 0.4) is 0 Å². The van der Waals surface area contributed by atoms with E-state index >= 15 is 0 Å². The van der Waals surface area contributed by atoms with Gasteiger partial charge in [0.15, 0.2) is 5.96 Å². The zero-order valence-corrected chi connectivity index (χ0v) is 18.2. The molecule has 7 heteroatoms. The van der Waals surface area contributed by atoms with Crippen molar-refractivity contribution in [3.05, 3.63) is 59.4 Å². The van der Waals surface area contributed by atoms with Crippen LogP contribution >= 0.6 is 24.0 Å². The normalized spacial score (nSPS) is 10.8. The maximum atomic E-state index is 11.6. The summed E-state index contributed by atoms with van der Waals surface area (Å²) < 4.78 is 2.11. The van der Waals surface area contributed by atoms with E-state index in [1.807, 2.05) is 50.6 Å². The van der Waals surface area contributed by atoms with E-state index in [0.717, 1.165) is 24.6 Å². The first-order chi connectivity index (χ1) is 12.0. The summed E-state index contributed by atoms with van der Waals surface area (Å²) in [5.41, 5.74) is 2.95. The first-order valence-corrected chi connectivity index (χ1v) is 8.45. The summed E-state index contributed by atoms with van der Waals surface area (Å²) >= 11 is 0. The Morgan fingerprint density at radius 1 is 1.23 bits per heavy atom. The Balaban J connectivity index is 0.00000338. The highest BCUT2D eigenvalue weighted by molar-refractivity contribution is 14.0. The fourth-order valence-electron chi connectivity index (χ4n) is 2.52. The van der Waals surface area contributed by atoms with Gasteiger partial charge in [-0.25, -0.2) is 4.99 Å². The van der Waals surface area contributed by atoms with Crippen LogP contribution in [0.25, 0.3) is 0 Å². The Morgan fingerprint density at radius 3 is 2.46 bits per heavy atom. The van der Waals surface area contributed by atoms with Gasteiger partial charge in [0.1, 0.15) is 0 Å². The Kier molecular flexibility index (Phi) is 9.18. The number of aryl methyl sites for hydroxylation is 1. The molecule has 1 aromatic heterocycles. The van der Waals surface area contributed by atoms with Gasteiger partial charge in [-0.1, -0.05) is 12.1 Å². The Morgan fingerprint density at radius 2 is 1.92 bits per heavy atom. The lowest BCUT2D eigenvalue weighted by atomic mass is 10.1. The number of hydrogen-bond acceptors (Lipinski definition) is 2. The molecule has 142 valence electrons. The molecule has 0 aliphatic carbocycles. The van der Waals surface area contributed by atoms with E-state index in [1.54, 1.807) is 7.05 Å². The van der Waals surface area contributed by atoms with E-state index in [2.05, 4.69) is 33.1 Å². The predicted octanol–water partition coefficient (Wildman–Crippen LogP) is 2.60. The number of guanidine groups is 1. The number of nitrogens with one attached hydrogen (secondary N) is 2. The van der Waals surface area contributed by atoms with E-state index in [0.29, 0.717) is 12.1 Å². The molecule has 1 aromatic carbocycles. The van der Waals surface area contributed by atoms with Crippen molar-refractivity contribution in [2.75, 3.05) is 20.6 Å². The second-order valence-electron chi connectivity index (χ2n) is 5.91. The highest BCUT2D eigenvalue weighted by atomic mass is 127. The first-order valence-electron chi connectivity index (χ1n) is 8.45. The van der Waals surface area contributed by atoms with Crippen LogP contribution < -0.4 is 10.6 Å². The second kappa shape index (κ2) is 10.8. The van der Waals surface area contributed by atoms with Crippen molar-refractivity contribution in [2.24, 2.45) is 12.0 Å². The summed E-state index contributed by atoms with van der Waals surface area (Å²) in [6, 6.07) is 11.7. The maximum absolute atomic E-state index is 11.6. The smallest absolute Gasteiger partial charge is 0.251 e. The third-order valence-electron chi connectivity index (χ3n) is 4.00.